The highest BCUT2D eigenvalue weighted by Gasteiger charge is 2.31. The number of carbonyl (C=O) groups excluding carboxylic acids is 2. The van der Waals surface area contributed by atoms with Crippen LogP contribution in [0.5, 0.6) is 11.5 Å². The van der Waals surface area contributed by atoms with Gasteiger partial charge in [-0.25, -0.2) is 0 Å². The summed E-state index contributed by atoms with van der Waals surface area (Å²) in [6.45, 7) is 2.94. The van der Waals surface area contributed by atoms with Crippen LogP contribution in [0.15, 0.2) is 46.9 Å². The molecular formula is C23H24BrF3N2O5. The van der Waals surface area contributed by atoms with Crippen molar-refractivity contribution >= 4 is 27.7 Å². The number of nitrogens with zero attached hydrogens (tertiary/aromatic N) is 1. The Kier molecular flexibility index (Phi) is 8.42. The number of nitrogens with two attached hydrogens (primary N) is 1. The van der Waals surface area contributed by atoms with Gasteiger partial charge in [-0.3, -0.25) is 9.59 Å². The lowest BCUT2D eigenvalue weighted by Gasteiger charge is -2.28. The fourth-order valence-electron chi connectivity index (χ4n) is 3.53. The summed E-state index contributed by atoms with van der Waals surface area (Å²) in [6.07, 6.45) is -5.08. The van der Waals surface area contributed by atoms with E-state index in [9.17, 15) is 22.8 Å². The van der Waals surface area contributed by atoms with Gasteiger partial charge >= 0.3 is 6.36 Å². The summed E-state index contributed by atoms with van der Waals surface area (Å²) in [7, 11) is 0. The van der Waals surface area contributed by atoms with Crippen LogP contribution in [0, 0.1) is 0 Å². The third-order valence-electron chi connectivity index (χ3n) is 5.21. The second-order valence-corrected chi connectivity index (χ2v) is 8.71. The fraction of sp³-hybridized carbons (Fsp3) is 0.391. The zero-order chi connectivity index (χ0) is 24.9. The molecule has 1 saturated heterocycles. The van der Waals surface area contributed by atoms with Gasteiger partial charge in [-0.15, -0.1) is 13.2 Å². The average molecular weight is 545 g/mol. The van der Waals surface area contributed by atoms with Gasteiger partial charge in [0.05, 0.1) is 18.5 Å². The standard InChI is InChI=1S/C23H24BrF3N2O5/c1-14(33-19-8-5-16(24)12-18(19)22(28)31)20-13-29(9-2-10-32-20)21(30)11-15-3-6-17(7-4-15)34-23(25,26)27/h3-8,12,14,20H,2,9-11,13H2,1H3,(H2,28,31). The van der Waals surface area contributed by atoms with Crippen LogP contribution < -0.4 is 15.2 Å². The van der Waals surface area contributed by atoms with E-state index in [1.165, 1.54) is 24.3 Å². The SMILES string of the molecule is CC(Oc1ccc(Br)cc1C(N)=O)C1CN(C(=O)Cc2ccc(OC(F)(F)F)cc2)CCCO1. The van der Waals surface area contributed by atoms with Crippen molar-refractivity contribution in [2.75, 3.05) is 19.7 Å². The molecule has 0 spiro atoms. The first-order valence-electron chi connectivity index (χ1n) is 10.5. The van der Waals surface area contributed by atoms with Crippen molar-refractivity contribution in [3.05, 3.63) is 58.1 Å². The maximum absolute atomic E-state index is 12.9. The molecule has 0 radical (unpaired) electrons. The number of benzene rings is 2. The lowest BCUT2D eigenvalue weighted by molar-refractivity contribution is -0.274. The quantitative estimate of drug-likeness (QED) is 0.567. The molecule has 2 aromatic rings. The van der Waals surface area contributed by atoms with Crippen molar-refractivity contribution in [1.82, 2.24) is 4.90 Å². The minimum atomic E-state index is -4.77. The van der Waals surface area contributed by atoms with Crippen molar-refractivity contribution in [1.29, 1.82) is 0 Å². The van der Waals surface area contributed by atoms with E-state index in [4.69, 9.17) is 15.2 Å². The molecule has 0 aromatic heterocycles. The lowest BCUT2D eigenvalue weighted by atomic mass is 10.1. The van der Waals surface area contributed by atoms with Crippen LogP contribution in [0.25, 0.3) is 0 Å². The molecule has 1 fully saturated rings. The van der Waals surface area contributed by atoms with Gasteiger partial charge in [-0.05, 0) is 49.2 Å². The van der Waals surface area contributed by atoms with E-state index in [1.807, 2.05) is 0 Å². The van der Waals surface area contributed by atoms with Gasteiger partial charge in [-0.2, -0.15) is 0 Å². The molecule has 2 amide bonds. The lowest BCUT2D eigenvalue weighted by Crippen LogP contribution is -2.43. The fourth-order valence-corrected chi connectivity index (χ4v) is 3.89. The Bertz CT molecular complexity index is 1020. The van der Waals surface area contributed by atoms with Crippen LogP contribution >= 0.6 is 15.9 Å². The predicted octanol–water partition coefficient (Wildman–Crippen LogP) is 4.07. The minimum Gasteiger partial charge on any atom is -0.487 e. The molecule has 0 aliphatic carbocycles. The topological polar surface area (TPSA) is 91.1 Å². The molecule has 3 rings (SSSR count). The van der Waals surface area contributed by atoms with Crippen LogP contribution in [0.4, 0.5) is 13.2 Å². The third-order valence-corrected chi connectivity index (χ3v) is 5.71. The molecule has 184 valence electrons. The highest BCUT2D eigenvalue weighted by Crippen LogP contribution is 2.26. The normalized spacial score (nSPS) is 17.6. The molecule has 1 heterocycles. The second-order valence-electron chi connectivity index (χ2n) is 7.80. The number of primary amides is 1. The molecule has 2 aromatic carbocycles. The van der Waals surface area contributed by atoms with E-state index < -0.39 is 24.5 Å². The van der Waals surface area contributed by atoms with E-state index in [0.717, 1.165) is 0 Å². The molecule has 2 N–H and O–H groups in total. The van der Waals surface area contributed by atoms with Gasteiger partial charge in [0, 0.05) is 17.6 Å². The van der Waals surface area contributed by atoms with E-state index in [0.29, 0.717) is 35.4 Å². The Morgan fingerprint density at radius 2 is 1.94 bits per heavy atom. The Hall–Kier alpha value is -2.79. The highest BCUT2D eigenvalue weighted by molar-refractivity contribution is 9.10. The first-order chi connectivity index (χ1) is 16.0. The molecule has 0 saturated carbocycles. The largest absolute Gasteiger partial charge is 0.573 e. The number of amides is 2. The zero-order valence-electron chi connectivity index (χ0n) is 18.3. The van der Waals surface area contributed by atoms with E-state index in [2.05, 4.69) is 20.7 Å². The summed E-state index contributed by atoms with van der Waals surface area (Å²) < 4.78 is 53.4. The molecular weight excluding hydrogens is 521 g/mol. The van der Waals surface area contributed by atoms with Gasteiger partial charge in [0.15, 0.2) is 0 Å². The molecule has 34 heavy (non-hydrogen) atoms. The molecule has 2 atom stereocenters. The first-order valence-corrected chi connectivity index (χ1v) is 11.3. The third kappa shape index (κ3) is 7.36. The Balaban J connectivity index is 1.64. The Morgan fingerprint density at radius 3 is 2.59 bits per heavy atom. The van der Waals surface area contributed by atoms with Crippen molar-refractivity contribution in [3.8, 4) is 11.5 Å². The number of carbonyl (C=O) groups is 2. The van der Waals surface area contributed by atoms with Crippen molar-refractivity contribution < 1.29 is 37.0 Å². The summed E-state index contributed by atoms with van der Waals surface area (Å²) in [6, 6.07) is 10.1. The summed E-state index contributed by atoms with van der Waals surface area (Å²) >= 11 is 3.30. The van der Waals surface area contributed by atoms with Crippen molar-refractivity contribution in [2.45, 2.75) is 38.3 Å². The molecule has 1 aliphatic heterocycles. The number of rotatable bonds is 7. The summed E-state index contributed by atoms with van der Waals surface area (Å²) in [5.41, 5.74) is 6.23. The van der Waals surface area contributed by atoms with Gasteiger partial charge < -0.3 is 24.8 Å². The van der Waals surface area contributed by atoms with Crippen LogP contribution in [0.3, 0.4) is 0 Å². The van der Waals surface area contributed by atoms with Crippen molar-refractivity contribution in [3.63, 3.8) is 0 Å². The Morgan fingerprint density at radius 1 is 1.24 bits per heavy atom. The van der Waals surface area contributed by atoms with Crippen LogP contribution in [0.1, 0.15) is 29.3 Å². The highest BCUT2D eigenvalue weighted by atomic mass is 79.9. The number of hydrogen-bond acceptors (Lipinski definition) is 5. The van der Waals surface area contributed by atoms with E-state index >= 15 is 0 Å². The number of halogens is 4. The zero-order valence-corrected chi connectivity index (χ0v) is 19.9. The van der Waals surface area contributed by atoms with E-state index in [-0.39, 0.29) is 30.2 Å². The van der Waals surface area contributed by atoms with Gasteiger partial charge in [0.25, 0.3) is 5.91 Å². The number of alkyl halides is 3. The smallest absolute Gasteiger partial charge is 0.487 e. The van der Waals surface area contributed by atoms with Gasteiger partial charge in [0.1, 0.15) is 23.7 Å². The molecule has 7 nitrogen and oxygen atoms in total. The van der Waals surface area contributed by atoms with Crippen molar-refractivity contribution in [2.24, 2.45) is 5.73 Å². The molecule has 0 bridgehead atoms. The summed E-state index contributed by atoms with van der Waals surface area (Å²) in [5, 5.41) is 0. The second kappa shape index (κ2) is 11.1. The van der Waals surface area contributed by atoms with Crippen LogP contribution in [0.2, 0.25) is 0 Å². The maximum Gasteiger partial charge on any atom is 0.573 e. The first kappa shape index (κ1) is 25.8. The van der Waals surface area contributed by atoms with Crippen LogP contribution in [-0.2, 0) is 16.0 Å². The molecule has 1 aliphatic rings. The Labute approximate surface area is 203 Å². The van der Waals surface area contributed by atoms with Crippen LogP contribution in [-0.4, -0.2) is 55.0 Å². The monoisotopic (exact) mass is 544 g/mol. The molecule has 11 heteroatoms. The summed E-state index contributed by atoms with van der Waals surface area (Å²) in [4.78, 5) is 26.3. The minimum absolute atomic E-state index is 0.0206. The number of hydrogen-bond donors (Lipinski definition) is 1. The predicted molar refractivity (Wildman–Crippen MR) is 121 cm³/mol. The van der Waals surface area contributed by atoms with Gasteiger partial charge in [0.2, 0.25) is 5.91 Å². The average Bonchev–Trinajstić information content (AvgIpc) is 3.02. The van der Waals surface area contributed by atoms with E-state index in [1.54, 1.807) is 30.0 Å². The molecule has 2 unspecified atom stereocenters. The van der Waals surface area contributed by atoms with Gasteiger partial charge in [-0.1, -0.05) is 28.1 Å². The summed E-state index contributed by atoms with van der Waals surface area (Å²) in [5.74, 6) is -0.848. The number of ether oxygens (including phenoxy) is 3. The maximum atomic E-state index is 12.9.